The number of amides is 1. The average molecular weight is 376 g/mol. The number of likely N-dealkylation sites (tertiary alicyclic amines) is 1. The Balaban J connectivity index is 1.95. The number of carbonyl (C=O) groups excluding carboxylic acids is 1. The van der Waals surface area contributed by atoms with Crippen molar-refractivity contribution in [1.82, 2.24) is 0 Å². The van der Waals surface area contributed by atoms with Crippen LogP contribution in [0.4, 0.5) is 0 Å². The maximum Gasteiger partial charge on any atom is 0.226 e. The third-order valence-electron chi connectivity index (χ3n) is 3.92. The first-order valence-electron chi connectivity index (χ1n) is 7.00. The van der Waals surface area contributed by atoms with Crippen LogP contribution in [0.1, 0.15) is 12.8 Å². The van der Waals surface area contributed by atoms with Crippen molar-refractivity contribution >= 4 is 31.7 Å². The van der Waals surface area contributed by atoms with E-state index in [-0.39, 0.29) is 17.6 Å². The number of hydrogen-bond donors (Lipinski definition) is 2. The van der Waals surface area contributed by atoms with Gasteiger partial charge >= 0.3 is 0 Å². The van der Waals surface area contributed by atoms with Gasteiger partial charge in [-0.15, -0.1) is 0 Å². The highest BCUT2D eigenvalue weighted by Gasteiger charge is 2.28. The van der Waals surface area contributed by atoms with Crippen molar-refractivity contribution in [1.29, 1.82) is 0 Å². The van der Waals surface area contributed by atoms with E-state index in [0.717, 1.165) is 28.8 Å². The number of nitrogens with one attached hydrogen (secondary N) is 1. The number of carbonyl (C=O) groups is 1. The first-order valence-corrected chi connectivity index (χ1v) is 9.44. The fraction of sp³-hybridized carbons (Fsp3) is 0.500. The molecule has 5 nitrogen and oxygen atoms in total. The van der Waals surface area contributed by atoms with Crippen molar-refractivity contribution in [2.24, 2.45) is 11.7 Å². The number of halogens is 1. The monoisotopic (exact) mass is 375 g/mol. The Morgan fingerprint density at radius 1 is 1.33 bits per heavy atom. The van der Waals surface area contributed by atoms with E-state index < -0.39 is 9.84 Å². The fourth-order valence-electron chi connectivity index (χ4n) is 2.66. The van der Waals surface area contributed by atoms with Crippen molar-refractivity contribution in [2.75, 3.05) is 25.4 Å². The zero-order valence-corrected chi connectivity index (χ0v) is 14.1. The zero-order valence-electron chi connectivity index (χ0n) is 11.7. The zero-order chi connectivity index (χ0) is 15.5. The predicted molar refractivity (Wildman–Crippen MR) is 83.7 cm³/mol. The van der Waals surface area contributed by atoms with Crippen molar-refractivity contribution < 1.29 is 18.1 Å². The standard InChI is InChI=1S/C14H19BrN2O3S/c15-12-3-5-13(6-4-12)21(19,20)9-8-17-7-1-2-11(10-17)14(16)18/h3-6,11H,1-2,7-10H2,(H2,16,18)/p+1/t11-/m0/s1. The largest absolute Gasteiger partial charge is 0.369 e. The molecule has 1 fully saturated rings. The summed E-state index contributed by atoms with van der Waals surface area (Å²) in [5, 5.41) is 0. The molecule has 3 N–H and O–H groups in total. The van der Waals surface area contributed by atoms with Crippen molar-refractivity contribution in [3.8, 4) is 0 Å². The highest BCUT2D eigenvalue weighted by atomic mass is 79.9. The van der Waals surface area contributed by atoms with Crippen LogP contribution in [-0.4, -0.2) is 39.7 Å². The molecule has 1 amide bonds. The number of nitrogens with two attached hydrogens (primary N) is 1. The molecule has 0 aromatic heterocycles. The van der Waals surface area contributed by atoms with Crippen LogP contribution in [0.5, 0.6) is 0 Å². The lowest BCUT2D eigenvalue weighted by Crippen LogP contribution is -3.14. The molecule has 0 radical (unpaired) electrons. The van der Waals surface area contributed by atoms with Crippen LogP contribution in [0.25, 0.3) is 0 Å². The second-order valence-electron chi connectivity index (χ2n) is 5.47. The van der Waals surface area contributed by atoms with Crippen LogP contribution in [0.3, 0.4) is 0 Å². The molecule has 0 bridgehead atoms. The molecule has 1 unspecified atom stereocenters. The van der Waals surface area contributed by atoms with Gasteiger partial charge in [0.05, 0.1) is 30.4 Å². The van der Waals surface area contributed by atoms with Crippen LogP contribution in [0.2, 0.25) is 0 Å². The minimum Gasteiger partial charge on any atom is -0.369 e. The molecule has 1 saturated heterocycles. The van der Waals surface area contributed by atoms with E-state index in [0.29, 0.717) is 18.0 Å². The van der Waals surface area contributed by atoms with E-state index in [1.165, 1.54) is 0 Å². The van der Waals surface area contributed by atoms with E-state index >= 15 is 0 Å². The number of rotatable bonds is 5. The molecule has 2 rings (SSSR count). The molecule has 1 aromatic carbocycles. The number of primary amides is 1. The third kappa shape index (κ3) is 4.52. The SMILES string of the molecule is NC(=O)[C@H]1CCC[NH+](CCS(=O)(=O)c2ccc(Br)cc2)C1. The lowest BCUT2D eigenvalue weighted by Gasteiger charge is -2.28. The first-order chi connectivity index (χ1) is 9.88. The first kappa shape index (κ1) is 16.5. The molecular formula is C14H20BrN2O3S+. The Morgan fingerprint density at radius 3 is 2.62 bits per heavy atom. The Hall–Kier alpha value is -0.920. The number of quaternary nitrogens is 1. The Bertz CT molecular complexity index is 601. The summed E-state index contributed by atoms with van der Waals surface area (Å²) in [6, 6.07) is 6.67. The molecule has 2 atom stereocenters. The molecule has 7 heteroatoms. The lowest BCUT2D eigenvalue weighted by atomic mass is 9.98. The van der Waals surface area contributed by atoms with Gasteiger partial charge in [-0.25, -0.2) is 8.42 Å². The molecule has 1 aliphatic rings. The van der Waals surface area contributed by atoms with Gasteiger partial charge in [-0.2, -0.15) is 0 Å². The molecule has 0 saturated carbocycles. The number of sulfone groups is 1. The second kappa shape index (κ2) is 6.89. The molecule has 116 valence electrons. The third-order valence-corrected chi connectivity index (χ3v) is 6.18. The maximum atomic E-state index is 12.3. The van der Waals surface area contributed by atoms with Gasteiger partial charge in [0, 0.05) is 4.47 Å². The predicted octanol–water partition coefficient (Wildman–Crippen LogP) is 0.00300. The summed E-state index contributed by atoms with van der Waals surface area (Å²) in [5.41, 5.74) is 5.34. The van der Waals surface area contributed by atoms with Crippen molar-refractivity contribution in [3.63, 3.8) is 0 Å². The molecule has 1 heterocycles. The molecular weight excluding hydrogens is 356 g/mol. The highest BCUT2D eigenvalue weighted by Crippen LogP contribution is 2.15. The van der Waals surface area contributed by atoms with Gasteiger partial charge in [0.25, 0.3) is 0 Å². The minimum absolute atomic E-state index is 0.0927. The van der Waals surface area contributed by atoms with Crippen molar-refractivity contribution in [2.45, 2.75) is 17.7 Å². The molecule has 1 aromatic rings. The average Bonchev–Trinajstić information content (AvgIpc) is 2.46. The summed E-state index contributed by atoms with van der Waals surface area (Å²) in [6.07, 6.45) is 1.74. The minimum atomic E-state index is -3.27. The second-order valence-corrected chi connectivity index (χ2v) is 8.49. The summed E-state index contributed by atoms with van der Waals surface area (Å²) in [7, 11) is -3.27. The summed E-state index contributed by atoms with van der Waals surface area (Å²) in [5.74, 6) is -0.303. The van der Waals surface area contributed by atoms with E-state index in [4.69, 9.17) is 5.73 Å². The summed E-state index contributed by atoms with van der Waals surface area (Å²) in [4.78, 5) is 12.7. The highest BCUT2D eigenvalue weighted by molar-refractivity contribution is 9.10. The van der Waals surface area contributed by atoms with Gasteiger partial charge in [0.2, 0.25) is 5.91 Å². The Labute approximate surface area is 133 Å². The van der Waals surface area contributed by atoms with Gasteiger partial charge in [-0.05, 0) is 37.1 Å². The van der Waals surface area contributed by atoms with Gasteiger partial charge in [-0.3, -0.25) is 4.79 Å². The van der Waals surface area contributed by atoms with E-state index in [1.54, 1.807) is 24.3 Å². The van der Waals surface area contributed by atoms with Crippen molar-refractivity contribution in [3.05, 3.63) is 28.7 Å². The topological polar surface area (TPSA) is 81.7 Å². The van der Waals surface area contributed by atoms with Crippen LogP contribution >= 0.6 is 15.9 Å². The van der Waals surface area contributed by atoms with Crippen LogP contribution < -0.4 is 10.6 Å². The number of piperidine rings is 1. The van der Waals surface area contributed by atoms with Crippen LogP contribution in [0.15, 0.2) is 33.6 Å². The van der Waals surface area contributed by atoms with Crippen LogP contribution in [0, 0.1) is 5.92 Å². The normalized spacial score (nSPS) is 22.9. The number of hydrogen-bond acceptors (Lipinski definition) is 3. The van der Waals surface area contributed by atoms with E-state index in [9.17, 15) is 13.2 Å². The summed E-state index contributed by atoms with van der Waals surface area (Å²) < 4.78 is 25.4. The van der Waals surface area contributed by atoms with Crippen LogP contribution in [-0.2, 0) is 14.6 Å². The van der Waals surface area contributed by atoms with E-state index in [2.05, 4.69) is 15.9 Å². The lowest BCUT2D eigenvalue weighted by molar-refractivity contribution is -0.905. The quantitative estimate of drug-likeness (QED) is 0.759. The fourth-order valence-corrected chi connectivity index (χ4v) is 4.27. The molecule has 1 aliphatic heterocycles. The molecule has 0 aliphatic carbocycles. The van der Waals surface area contributed by atoms with Gasteiger partial charge in [0.15, 0.2) is 9.84 Å². The molecule has 0 spiro atoms. The van der Waals surface area contributed by atoms with E-state index in [1.807, 2.05) is 0 Å². The molecule has 21 heavy (non-hydrogen) atoms. The summed E-state index contributed by atoms with van der Waals surface area (Å²) >= 11 is 3.29. The van der Waals surface area contributed by atoms with Gasteiger partial charge in [0.1, 0.15) is 5.75 Å². The van der Waals surface area contributed by atoms with Gasteiger partial charge in [-0.1, -0.05) is 15.9 Å². The summed E-state index contributed by atoms with van der Waals surface area (Å²) in [6.45, 7) is 2.06. The maximum absolute atomic E-state index is 12.3. The van der Waals surface area contributed by atoms with Gasteiger partial charge < -0.3 is 10.6 Å². The smallest absolute Gasteiger partial charge is 0.226 e. The number of benzene rings is 1. The Morgan fingerprint density at radius 2 is 2.00 bits per heavy atom. The Kier molecular flexibility index (Phi) is 5.40.